The molecular weight excluding hydrogens is 376 g/mol. The molecule has 1 aliphatic heterocycles. The number of hydrogen-bond acceptors (Lipinski definition) is 5. The van der Waals surface area contributed by atoms with Gasteiger partial charge in [0.05, 0.1) is 13.2 Å². The van der Waals surface area contributed by atoms with Crippen molar-refractivity contribution in [1.82, 2.24) is 4.90 Å². The molecule has 2 heterocycles. The van der Waals surface area contributed by atoms with Gasteiger partial charge in [-0.25, -0.2) is 4.79 Å². The van der Waals surface area contributed by atoms with Gasteiger partial charge >= 0.3 is 12.6 Å². The van der Waals surface area contributed by atoms with Crippen LogP contribution in [0.15, 0.2) is 34.7 Å². The van der Waals surface area contributed by atoms with Crippen LogP contribution in [-0.2, 0) is 11.2 Å². The van der Waals surface area contributed by atoms with E-state index in [0.717, 1.165) is 0 Å². The number of amides is 1. The normalized spacial score (nSPS) is 17.0. The molecule has 28 heavy (non-hydrogen) atoms. The van der Waals surface area contributed by atoms with Gasteiger partial charge in [0, 0.05) is 19.0 Å². The van der Waals surface area contributed by atoms with Crippen LogP contribution in [0.4, 0.5) is 8.78 Å². The summed E-state index contributed by atoms with van der Waals surface area (Å²) < 4.78 is 40.3. The number of aromatic carboxylic acids is 1. The molecule has 1 amide bonds. The Labute approximate surface area is 159 Å². The Morgan fingerprint density at radius 3 is 2.79 bits per heavy atom. The van der Waals surface area contributed by atoms with Crippen molar-refractivity contribution in [2.45, 2.75) is 26.1 Å². The highest BCUT2D eigenvalue weighted by molar-refractivity contribution is 5.96. The predicted octanol–water partition coefficient (Wildman–Crippen LogP) is 3.36. The fourth-order valence-corrected chi connectivity index (χ4v) is 3.06. The zero-order chi connectivity index (χ0) is 20.3. The summed E-state index contributed by atoms with van der Waals surface area (Å²) in [4.78, 5) is 25.5. The topological polar surface area (TPSA) is 89.2 Å². The Kier molecular flexibility index (Phi) is 5.93. The minimum atomic E-state index is -2.93. The summed E-state index contributed by atoms with van der Waals surface area (Å²) in [5, 5.41) is 9.21. The number of carbonyl (C=O) groups excluding carboxylic acids is 1. The van der Waals surface area contributed by atoms with Crippen molar-refractivity contribution in [3.8, 4) is 5.75 Å². The number of ether oxygens (including phenoxy) is 2. The first kappa shape index (κ1) is 19.8. The van der Waals surface area contributed by atoms with Crippen LogP contribution in [0.25, 0.3) is 0 Å². The number of alkyl halides is 2. The molecule has 150 valence electrons. The molecule has 1 saturated heterocycles. The Hall–Kier alpha value is -2.94. The second-order valence-corrected chi connectivity index (χ2v) is 6.17. The van der Waals surface area contributed by atoms with Gasteiger partial charge < -0.3 is 23.9 Å². The van der Waals surface area contributed by atoms with Crippen LogP contribution in [0, 0.1) is 0 Å². The van der Waals surface area contributed by atoms with Gasteiger partial charge in [-0.3, -0.25) is 4.79 Å². The molecule has 1 unspecified atom stereocenters. The van der Waals surface area contributed by atoms with E-state index in [1.807, 2.05) is 0 Å². The van der Waals surface area contributed by atoms with Gasteiger partial charge in [-0.15, -0.1) is 0 Å². The first-order chi connectivity index (χ1) is 13.4. The van der Waals surface area contributed by atoms with Crippen LogP contribution >= 0.6 is 0 Å². The molecule has 0 aliphatic carbocycles. The largest absolute Gasteiger partial charge is 0.478 e. The summed E-state index contributed by atoms with van der Waals surface area (Å²) in [5.41, 5.74) is 0.558. The van der Waals surface area contributed by atoms with Crippen molar-refractivity contribution < 1.29 is 37.4 Å². The predicted molar refractivity (Wildman–Crippen MR) is 92.7 cm³/mol. The van der Waals surface area contributed by atoms with Crippen LogP contribution in [0.1, 0.15) is 45.3 Å². The minimum absolute atomic E-state index is 0.00396. The van der Waals surface area contributed by atoms with E-state index in [9.17, 15) is 23.5 Å². The molecule has 0 radical (unpaired) electrons. The lowest BCUT2D eigenvalue weighted by molar-refractivity contribution is -0.0504. The van der Waals surface area contributed by atoms with Crippen LogP contribution < -0.4 is 4.74 Å². The third-order valence-corrected chi connectivity index (χ3v) is 4.38. The number of carboxylic acid groups (broad SMARTS) is 1. The molecule has 7 nitrogen and oxygen atoms in total. The van der Waals surface area contributed by atoms with E-state index in [0.29, 0.717) is 18.5 Å². The van der Waals surface area contributed by atoms with E-state index in [1.165, 1.54) is 23.1 Å². The number of aryl methyl sites for hydroxylation is 1. The van der Waals surface area contributed by atoms with Gasteiger partial charge in [0.15, 0.2) is 5.76 Å². The summed E-state index contributed by atoms with van der Waals surface area (Å²) >= 11 is 0. The van der Waals surface area contributed by atoms with Crippen LogP contribution in [0.3, 0.4) is 0 Å². The fourth-order valence-electron chi connectivity index (χ4n) is 3.06. The Bertz CT molecular complexity index is 866. The molecule has 2 aromatic rings. The second-order valence-electron chi connectivity index (χ2n) is 6.17. The van der Waals surface area contributed by atoms with E-state index in [4.69, 9.17) is 9.15 Å². The monoisotopic (exact) mass is 395 g/mol. The van der Waals surface area contributed by atoms with Gasteiger partial charge in [0.2, 0.25) is 0 Å². The van der Waals surface area contributed by atoms with Crippen molar-refractivity contribution in [1.29, 1.82) is 0 Å². The molecule has 9 heteroatoms. The number of morpholine rings is 1. The highest BCUT2D eigenvalue weighted by atomic mass is 19.3. The maximum absolute atomic E-state index is 12.8. The summed E-state index contributed by atoms with van der Waals surface area (Å²) in [6, 6.07) is 7.34. The number of nitrogens with zero attached hydrogens (tertiary/aromatic N) is 1. The standard InChI is InChI=1S/C19H19F2NO6/c1-2-14-13(18(24)25)9-15(28-14)17(23)22-6-7-26-16(10-22)11-4-3-5-12(8-11)27-19(20)21/h3-5,8-9,16,19H,2,6-7,10H2,1H3,(H,24,25). The number of carboxylic acids is 1. The number of halogens is 2. The molecule has 1 N–H and O–H groups in total. The molecule has 0 spiro atoms. The third-order valence-electron chi connectivity index (χ3n) is 4.38. The maximum atomic E-state index is 12.8. The van der Waals surface area contributed by atoms with Gasteiger partial charge in [-0.05, 0) is 17.7 Å². The lowest BCUT2D eigenvalue weighted by Crippen LogP contribution is -2.42. The van der Waals surface area contributed by atoms with E-state index in [-0.39, 0.29) is 36.0 Å². The van der Waals surface area contributed by atoms with E-state index >= 15 is 0 Å². The summed E-state index contributed by atoms with van der Waals surface area (Å²) in [5.74, 6) is -1.42. The number of hydrogen-bond donors (Lipinski definition) is 1. The Balaban J connectivity index is 1.76. The molecule has 1 atom stereocenters. The van der Waals surface area contributed by atoms with Crippen molar-refractivity contribution in [2.75, 3.05) is 19.7 Å². The number of benzene rings is 1. The summed E-state index contributed by atoms with van der Waals surface area (Å²) in [6.07, 6.45) is -0.184. The zero-order valence-electron chi connectivity index (χ0n) is 15.1. The summed E-state index contributed by atoms with van der Waals surface area (Å²) in [7, 11) is 0. The lowest BCUT2D eigenvalue weighted by atomic mass is 10.1. The molecule has 1 aromatic carbocycles. The average molecular weight is 395 g/mol. The van der Waals surface area contributed by atoms with E-state index in [2.05, 4.69) is 4.74 Å². The molecular formula is C19H19F2NO6. The second kappa shape index (κ2) is 8.39. The van der Waals surface area contributed by atoms with E-state index in [1.54, 1.807) is 19.1 Å². The zero-order valence-corrected chi connectivity index (χ0v) is 15.1. The Morgan fingerprint density at radius 2 is 2.14 bits per heavy atom. The van der Waals surface area contributed by atoms with Crippen LogP contribution in [0.5, 0.6) is 5.75 Å². The maximum Gasteiger partial charge on any atom is 0.387 e. The number of carbonyl (C=O) groups is 2. The van der Waals surface area contributed by atoms with Crippen molar-refractivity contribution in [3.63, 3.8) is 0 Å². The van der Waals surface area contributed by atoms with Gasteiger partial charge in [-0.2, -0.15) is 8.78 Å². The van der Waals surface area contributed by atoms with Gasteiger partial charge in [0.1, 0.15) is 23.2 Å². The average Bonchev–Trinajstić information content (AvgIpc) is 3.12. The van der Waals surface area contributed by atoms with Crippen molar-refractivity contribution in [3.05, 3.63) is 53.0 Å². The third kappa shape index (κ3) is 4.30. The lowest BCUT2D eigenvalue weighted by Gasteiger charge is -2.32. The molecule has 1 aliphatic rings. The van der Waals surface area contributed by atoms with Gasteiger partial charge in [0.25, 0.3) is 5.91 Å². The molecule has 1 fully saturated rings. The molecule has 0 bridgehead atoms. The number of furan rings is 1. The van der Waals surface area contributed by atoms with Crippen molar-refractivity contribution in [2.24, 2.45) is 0 Å². The smallest absolute Gasteiger partial charge is 0.387 e. The molecule has 3 rings (SSSR count). The van der Waals surface area contributed by atoms with Crippen molar-refractivity contribution >= 4 is 11.9 Å². The Morgan fingerprint density at radius 1 is 1.36 bits per heavy atom. The molecule has 0 saturated carbocycles. The first-order valence-corrected chi connectivity index (χ1v) is 8.70. The molecule has 1 aromatic heterocycles. The SMILES string of the molecule is CCc1oc(C(=O)N2CCOC(c3cccc(OC(F)F)c3)C2)cc1C(=O)O. The quantitative estimate of drug-likeness (QED) is 0.807. The minimum Gasteiger partial charge on any atom is -0.478 e. The van der Waals surface area contributed by atoms with Crippen LogP contribution in [-0.4, -0.2) is 48.2 Å². The van der Waals surface area contributed by atoms with Crippen LogP contribution in [0.2, 0.25) is 0 Å². The fraction of sp³-hybridized carbons (Fsp3) is 0.368. The summed E-state index contributed by atoms with van der Waals surface area (Å²) in [6.45, 7) is -0.493. The highest BCUT2D eigenvalue weighted by Gasteiger charge is 2.29. The van der Waals surface area contributed by atoms with E-state index < -0.39 is 24.6 Å². The highest BCUT2D eigenvalue weighted by Crippen LogP contribution is 2.27. The number of rotatable bonds is 6. The first-order valence-electron chi connectivity index (χ1n) is 8.70. The van der Waals surface area contributed by atoms with Gasteiger partial charge in [-0.1, -0.05) is 19.1 Å².